The molecule has 0 spiro atoms. The Bertz CT molecular complexity index is 881. The highest BCUT2D eigenvalue weighted by molar-refractivity contribution is 5.94. The van der Waals surface area contributed by atoms with Crippen molar-refractivity contribution in [3.05, 3.63) is 89.1 Å². The molecule has 132 valence electrons. The smallest absolute Gasteiger partial charge is 0.251 e. The van der Waals surface area contributed by atoms with Crippen molar-refractivity contribution in [1.29, 1.82) is 0 Å². The molecule has 0 radical (unpaired) electrons. The SMILES string of the molecule is Cc1ccnc(-c2ccc(C(=O)NCc3ccc(C(C)C)cc3)cc2)c1. The van der Waals surface area contributed by atoms with Crippen molar-refractivity contribution < 1.29 is 4.79 Å². The van der Waals surface area contributed by atoms with Crippen LogP contribution in [0.25, 0.3) is 11.3 Å². The first-order chi connectivity index (χ1) is 12.5. The predicted molar refractivity (Wildman–Crippen MR) is 106 cm³/mol. The third-order valence-electron chi connectivity index (χ3n) is 4.46. The molecule has 1 amide bonds. The molecule has 0 atom stereocenters. The second kappa shape index (κ2) is 7.96. The van der Waals surface area contributed by atoms with E-state index in [1.54, 1.807) is 6.20 Å². The van der Waals surface area contributed by atoms with Gasteiger partial charge in [-0.1, -0.05) is 50.2 Å². The van der Waals surface area contributed by atoms with Crippen LogP contribution in [0.5, 0.6) is 0 Å². The molecule has 3 rings (SSSR count). The van der Waals surface area contributed by atoms with Crippen LogP contribution < -0.4 is 5.32 Å². The van der Waals surface area contributed by atoms with Crippen molar-refractivity contribution in [2.75, 3.05) is 0 Å². The van der Waals surface area contributed by atoms with Gasteiger partial charge in [-0.05, 0) is 53.8 Å². The van der Waals surface area contributed by atoms with Crippen molar-refractivity contribution >= 4 is 5.91 Å². The van der Waals surface area contributed by atoms with E-state index in [9.17, 15) is 4.79 Å². The molecule has 0 saturated heterocycles. The standard InChI is InChI=1S/C23H24N2O/c1-16(2)19-6-4-18(5-7-19)15-25-23(26)21-10-8-20(9-11-21)22-14-17(3)12-13-24-22/h4-14,16H,15H2,1-3H3,(H,25,26). The maximum atomic E-state index is 12.4. The van der Waals surface area contributed by atoms with E-state index in [-0.39, 0.29) is 5.91 Å². The molecule has 2 aromatic carbocycles. The van der Waals surface area contributed by atoms with Gasteiger partial charge in [0.05, 0.1) is 5.69 Å². The van der Waals surface area contributed by atoms with Gasteiger partial charge in [0, 0.05) is 23.9 Å². The molecule has 1 N–H and O–H groups in total. The molecular formula is C23H24N2O. The number of hydrogen-bond acceptors (Lipinski definition) is 2. The quantitative estimate of drug-likeness (QED) is 0.699. The first-order valence-electron chi connectivity index (χ1n) is 8.93. The zero-order chi connectivity index (χ0) is 18.5. The zero-order valence-corrected chi connectivity index (χ0v) is 15.5. The summed E-state index contributed by atoms with van der Waals surface area (Å²) < 4.78 is 0. The lowest BCUT2D eigenvalue weighted by Crippen LogP contribution is -2.22. The van der Waals surface area contributed by atoms with Crippen LogP contribution in [0.4, 0.5) is 0 Å². The fraction of sp³-hybridized carbons (Fsp3) is 0.217. The van der Waals surface area contributed by atoms with Crippen LogP contribution in [0.15, 0.2) is 66.9 Å². The van der Waals surface area contributed by atoms with Crippen molar-refractivity contribution in [3.63, 3.8) is 0 Å². The number of benzene rings is 2. The summed E-state index contributed by atoms with van der Waals surface area (Å²) in [6.07, 6.45) is 1.80. The Morgan fingerprint density at radius 3 is 2.31 bits per heavy atom. The average molecular weight is 344 g/mol. The Labute approximate surface area is 155 Å². The van der Waals surface area contributed by atoms with Gasteiger partial charge in [-0.25, -0.2) is 0 Å². The molecule has 3 nitrogen and oxygen atoms in total. The first kappa shape index (κ1) is 17.9. The lowest BCUT2D eigenvalue weighted by atomic mass is 10.0. The molecule has 3 aromatic rings. The van der Waals surface area contributed by atoms with Crippen molar-refractivity contribution in [1.82, 2.24) is 10.3 Å². The minimum absolute atomic E-state index is 0.0679. The number of nitrogens with zero attached hydrogens (tertiary/aromatic N) is 1. The number of nitrogens with one attached hydrogen (secondary N) is 1. The van der Waals surface area contributed by atoms with E-state index >= 15 is 0 Å². The fourth-order valence-corrected chi connectivity index (χ4v) is 2.79. The van der Waals surface area contributed by atoms with Gasteiger partial charge in [-0.3, -0.25) is 9.78 Å². The second-order valence-corrected chi connectivity index (χ2v) is 6.87. The third-order valence-corrected chi connectivity index (χ3v) is 4.46. The second-order valence-electron chi connectivity index (χ2n) is 6.87. The summed E-state index contributed by atoms with van der Waals surface area (Å²) in [5.41, 5.74) is 6.15. The number of rotatable bonds is 5. The van der Waals surface area contributed by atoms with Gasteiger partial charge in [-0.2, -0.15) is 0 Å². The van der Waals surface area contributed by atoms with Crippen LogP contribution in [0, 0.1) is 6.92 Å². The maximum Gasteiger partial charge on any atom is 0.251 e. The number of carbonyl (C=O) groups is 1. The number of amides is 1. The summed E-state index contributed by atoms with van der Waals surface area (Å²) in [5.74, 6) is 0.446. The Kier molecular flexibility index (Phi) is 5.47. The Morgan fingerprint density at radius 2 is 1.69 bits per heavy atom. The van der Waals surface area contributed by atoms with E-state index < -0.39 is 0 Å². The number of aryl methyl sites for hydroxylation is 1. The Hall–Kier alpha value is -2.94. The van der Waals surface area contributed by atoms with Crippen LogP contribution >= 0.6 is 0 Å². The molecule has 0 aliphatic rings. The molecule has 0 fully saturated rings. The van der Waals surface area contributed by atoms with Gasteiger partial charge < -0.3 is 5.32 Å². The Morgan fingerprint density at radius 1 is 1.00 bits per heavy atom. The number of aromatic nitrogens is 1. The summed E-state index contributed by atoms with van der Waals surface area (Å²) in [7, 11) is 0. The highest BCUT2D eigenvalue weighted by atomic mass is 16.1. The minimum atomic E-state index is -0.0679. The monoisotopic (exact) mass is 344 g/mol. The first-order valence-corrected chi connectivity index (χ1v) is 8.93. The summed E-state index contributed by atoms with van der Waals surface area (Å²) >= 11 is 0. The molecule has 0 unspecified atom stereocenters. The molecule has 0 aliphatic carbocycles. The predicted octanol–water partition coefficient (Wildman–Crippen LogP) is 5.11. The van der Waals surface area contributed by atoms with Crippen LogP contribution in [-0.4, -0.2) is 10.9 Å². The minimum Gasteiger partial charge on any atom is -0.348 e. The molecule has 0 aliphatic heterocycles. The summed E-state index contributed by atoms with van der Waals surface area (Å²) in [6, 6.07) is 20.0. The van der Waals surface area contributed by atoms with E-state index in [0.717, 1.165) is 16.8 Å². The van der Waals surface area contributed by atoms with Crippen molar-refractivity contribution in [3.8, 4) is 11.3 Å². The lowest BCUT2D eigenvalue weighted by molar-refractivity contribution is 0.0951. The van der Waals surface area contributed by atoms with E-state index in [1.165, 1.54) is 11.1 Å². The normalized spacial score (nSPS) is 10.8. The van der Waals surface area contributed by atoms with Crippen LogP contribution in [0.1, 0.15) is 46.8 Å². The van der Waals surface area contributed by atoms with E-state index in [1.807, 2.05) is 43.3 Å². The van der Waals surface area contributed by atoms with Gasteiger partial charge in [-0.15, -0.1) is 0 Å². The molecule has 3 heteroatoms. The maximum absolute atomic E-state index is 12.4. The van der Waals surface area contributed by atoms with Gasteiger partial charge in [0.15, 0.2) is 0 Å². The molecule has 0 bridgehead atoms. The van der Waals surface area contributed by atoms with Gasteiger partial charge in [0.1, 0.15) is 0 Å². The molecule has 26 heavy (non-hydrogen) atoms. The molecule has 1 aromatic heterocycles. The molecule has 1 heterocycles. The highest BCUT2D eigenvalue weighted by Crippen LogP contribution is 2.18. The van der Waals surface area contributed by atoms with E-state index in [2.05, 4.69) is 48.4 Å². The summed E-state index contributed by atoms with van der Waals surface area (Å²) in [6.45, 7) is 6.92. The molecular weight excluding hydrogens is 320 g/mol. The molecule has 0 saturated carbocycles. The fourth-order valence-electron chi connectivity index (χ4n) is 2.79. The third kappa shape index (κ3) is 4.37. The van der Waals surface area contributed by atoms with Gasteiger partial charge in [0.2, 0.25) is 0 Å². The van der Waals surface area contributed by atoms with Crippen LogP contribution in [-0.2, 0) is 6.54 Å². The average Bonchev–Trinajstić information content (AvgIpc) is 2.66. The summed E-state index contributed by atoms with van der Waals surface area (Å²) in [5, 5.41) is 2.98. The van der Waals surface area contributed by atoms with E-state index in [4.69, 9.17) is 0 Å². The highest BCUT2D eigenvalue weighted by Gasteiger charge is 2.07. The van der Waals surface area contributed by atoms with Gasteiger partial charge >= 0.3 is 0 Å². The number of carbonyl (C=O) groups excluding carboxylic acids is 1. The number of pyridine rings is 1. The van der Waals surface area contributed by atoms with Gasteiger partial charge in [0.25, 0.3) is 5.91 Å². The van der Waals surface area contributed by atoms with Crippen molar-refractivity contribution in [2.45, 2.75) is 33.2 Å². The topological polar surface area (TPSA) is 42.0 Å². The largest absolute Gasteiger partial charge is 0.348 e. The number of hydrogen-bond donors (Lipinski definition) is 1. The van der Waals surface area contributed by atoms with Crippen molar-refractivity contribution in [2.24, 2.45) is 0 Å². The van der Waals surface area contributed by atoms with Crippen LogP contribution in [0.2, 0.25) is 0 Å². The van der Waals surface area contributed by atoms with Crippen LogP contribution in [0.3, 0.4) is 0 Å². The lowest BCUT2D eigenvalue weighted by Gasteiger charge is -2.09. The van der Waals surface area contributed by atoms with E-state index in [0.29, 0.717) is 18.0 Å². The summed E-state index contributed by atoms with van der Waals surface area (Å²) in [4.78, 5) is 16.7. The zero-order valence-electron chi connectivity index (χ0n) is 15.5. The Balaban J connectivity index is 1.63.